The molecule has 1 atom stereocenters. The van der Waals surface area contributed by atoms with Crippen LogP contribution in [0.25, 0.3) is 0 Å². The third-order valence-corrected chi connectivity index (χ3v) is 3.88. The summed E-state index contributed by atoms with van der Waals surface area (Å²) < 4.78 is 13.6. The van der Waals surface area contributed by atoms with Crippen molar-refractivity contribution in [3.05, 3.63) is 58.0 Å². The lowest BCUT2D eigenvalue weighted by molar-refractivity contribution is 0.0922. The van der Waals surface area contributed by atoms with Gasteiger partial charge in [-0.3, -0.25) is 4.79 Å². The van der Waals surface area contributed by atoms with Gasteiger partial charge in [-0.25, -0.2) is 4.39 Å². The monoisotopic (exact) mass is 277 g/mol. The minimum Gasteiger partial charge on any atom is -0.344 e. The Bertz CT molecular complexity index is 551. The molecule has 2 aromatic rings. The highest BCUT2D eigenvalue weighted by Crippen LogP contribution is 2.26. The van der Waals surface area contributed by atoms with Crippen LogP contribution in [0.2, 0.25) is 0 Å². The summed E-state index contributed by atoms with van der Waals surface area (Å²) in [6.45, 7) is 4.07. The Balaban J connectivity index is 2.19. The normalized spacial score (nSPS) is 12.4. The summed E-state index contributed by atoms with van der Waals surface area (Å²) in [5.74, 6) is -0.617. The molecule has 2 rings (SSSR count). The van der Waals surface area contributed by atoms with Gasteiger partial charge in [0, 0.05) is 4.88 Å². The van der Waals surface area contributed by atoms with Gasteiger partial charge in [0.05, 0.1) is 11.6 Å². The predicted molar refractivity (Wildman–Crippen MR) is 75.8 cm³/mol. The second kappa shape index (κ2) is 5.97. The first-order chi connectivity index (χ1) is 9.09. The van der Waals surface area contributed by atoms with E-state index >= 15 is 0 Å². The summed E-state index contributed by atoms with van der Waals surface area (Å²) in [4.78, 5) is 13.2. The summed E-state index contributed by atoms with van der Waals surface area (Å²) in [6.07, 6.45) is 0. The van der Waals surface area contributed by atoms with E-state index in [1.165, 1.54) is 12.1 Å². The Morgan fingerprint density at radius 2 is 1.95 bits per heavy atom. The number of carbonyl (C=O) groups is 1. The van der Waals surface area contributed by atoms with Gasteiger partial charge in [-0.2, -0.15) is 0 Å². The molecule has 1 N–H and O–H groups in total. The van der Waals surface area contributed by atoms with Crippen molar-refractivity contribution in [2.75, 3.05) is 0 Å². The van der Waals surface area contributed by atoms with Crippen LogP contribution in [0.3, 0.4) is 0 Å². The Labute approximate surface area is 116 Å². The van der Waals surface area contributed by atoms with Crippen molar-refractivity contribution in [2.24, 2.45) is 5.92 Å². The highest BCUT2D eigenvalue weighted by atomic mass is 32.1. The maximum Gasteiger partial charge on any atom is 0.254 e. The van der Waals surface area contributed by atoms with Crippen molar-refractivity contribution in [3.63, 3.8) is 0 Å². The minimum absolute atomic E-state index is 0.0877. The molecule has 0 saturated heterocycles. The van der Waals surface area contributed by atoms with Crippen molar-refractivity contribution in [1.82, 2.24) is 5.32 Å². The molecular formula is C15H16FNOS. The average Bonchev–Trinajstić information content (AvgIpc) is 2.89. The number of hydrogen-bond donors (Lipinski definition) is 1. The van der Waals surface area contributed by atoms with Gasteiger partial charge in [0.15, 0.2) is 0 Å². The Morgan fingerprint density at radius 3 is 2.53 bits per heavy atom. The zero-order chi connectivity index (χ0) is 13.8. The van der Waals surface area contributed by atoms with Crippen LogP contribution >= 0.6 is 11.3 Å². The fraction of sp³-hybridized carbons (Fsp3) is 0.267. The first kappa shape index (κ1) is 13.7. The summed E-state index contributed by atoms with van der Waals surface area (Å²) in [7, 11) is 0. The highest BCUT2D eigenvalue weighted by Gasteiger charge is 2.21. The topological polar surface area (TPSA) is 29.1 Å². The number of rotatable bonds is 4. The summed E-state index contributed by atoms with van der Waals surface area (Å²) in [5.41, 5.74) is 0.0877. The number of nitrogens with one attached hydrogen (secondary N) is 1. The van der Waals surface area contributed by atoms with Crippen LogP contribution < -0.4 is 5.32 Å². The van der Waals surface area contributed by atoms with Crippen molar-refractivity contribution >= 4 is 17.2 Å². The van der Waals surface area contributed by atoms with Crippen molar-refractivity contribution in [3.8, 4) is 0 Å². The second-order valence-corrected chi connectivity index (χ2v) is 5.67. The quantitative estimate of drug-likeness (QED) is 0.898. The first-order valence-electron chi connectivity index (χ1n) is 6.18. The summed E-state index contributed by atoms with van der Waals surface area (Å²) >= 11 is 1.59. The van der Waals surface area contributed by atoms with Crippen LogP contribution in [0, 0.1) is 11.7 Å². The smallest absolute Gasteiger partial charge is 0.254 e. The van der Waals surface area contributed by atoms with E-state index in [-0.39, 0.29) is 23.4 Å². The van der Waals surface area contributed by atoms with E-state index in [0.717, 1.165) is 4.88 Å². The summed E-state index contributed by atoms with van der Waals surface area (Å²) in [5, 5.41) is 4.88. The molecular weight excluding hydrogens is 261 g/mol. The molecule has 1 amide bonds. The fourth-order valence-corrected chi connectivity index (χ4v) is 2.85. The van der Waals surface area contributed by atoms with Gasteiger partial charge in [0.2, 0.25) is 0 Å². The van der Waals surface area contributed by atoms with Crippen LogP contribution in [0.5, 0.6) is 0 Å². The number of halogens is 1. The van der Waals surface area contributed by atoms with Crippen molar-refractivity contribution in [1.29, 1.82) is 0 Å². The maximum absolute atomic E-state index is 13.6. The van der Waals surface area contributed by atoms with E-state index in [1.807, 2.05) is 31.4 Å². The number of thiophene rings is 1. The van der Waals surface area contributed by atoms with Crippen LogP contribution in [0.15, 0.2) is 41.8 Å². The third kappa shape index (κ3) is 3.20. The van der Waals surface area contributed by atoms with Crippen LogP contribution in [-0.2, 0) is 0 Å². The number of benzene rings is 1. The van der Waals surface area contributed by atoms with Gasteiger partial charge in [-0.05, 0) is 29.5 Å². The van der Waals surface area contributed by atoms with Gasteiger partial charge in [-0.15, -0.1) is 11.3 Å². The van der Waals surface area contributed by atoms with E-state index in [9.17, 15) is 9.18 Å². The van der Waals surface area contributed by atoms with Gasteiger partial charge in [0.1, 0.15) is 5.82 Å². The lowest BCUT2D eigenvalue weighted by Crippen LogP contribution is -2.31. The van der Waals surface area contributed by atoms with Crippen molar-refractivity contribution < 1.29 is 9.18 Å². The van der Waals surface area contributed by atoms with Gasteiger partial charge < -0.3 is 5.32 Å². The highest BCUT2D eigenvalue weighted by molar-refractivity contribution is 7.10. The number of hydrogen-bond acceptors (Lipinski definition) is 2. The zero-order valence-electron chi connectivity index (χ0n) is 10.9. The number of amides is 1. The van der Waals surface area contributed by atoms with Crippen LogP contribution in [0.1, 0.15) is 35.1 Å². The molecule has 0 fully saturated rings. The SMILES string of the molecule is CC(C)[C@@H](NC(=O)c1ccccc1F)c1cccs1. The molecule has 1 aromatic carbocycles. The predicted octanol–water partition coefficient (Wildman–Crippen LogP) is 4.01. The Morgan fingerprint density at radius 1 is 1.21 bits per heavy atom. The molecule has 0 spiro atoms. The molecule has 100 valence electrons. The van der Waals surface area contributed by atoms with E-state index in [1.54, 1.807) is 23.5 Å². The summed E-state index contributed by atoms with van der Waals surface area (Å²) in [6, 6.07) is 9.87. The average molecular weight is 277 g/mol. The third-order valence-electron chi connectivity index (χ3n) is 2.92. The fourth-order valence-electron chi connectivity index (χ4n) is 1.90. The molecule has 0 bridgehead atoms. The number of carbonyl (C=O) groups excluding carboxylic acids is 1. The molecule has 1 heterocycles. The van der Waals surface area contributed by atoms with E-state index < -0.39 is 5.82 Å². The Kier molecular flexibility index (Phi) is 4.32. The van der Waals surface area contributed by atoms with Gasteiger partial charge in [-0.1, -0.05) is 32.0 Å². The standard InChI is InChI=1S/C15H16FNOS/c1-10(2)14(13-8-5-9-19-13)17-15(18)11-6-3-4-7-12(11)16/h3-10,14H,1-2H3,(H,17,18)/t14-/m1/s1. The van der Waals surface area contributed by atoms with E-state index in [2.05, 4.69) is 5.32 Å². The molecule has 0 radical (unpaired) electrons. The lowest BCUT2D eigenvalue weighted by Gasteiger charge is -2.21. The molecule has 0 aliphatic rings. The largest absolute Gasteiger partial charge is 0.344 e. The molecule has 4 heteroatoms. The molecule has 0 aliphatic carbocycles. The van der Waals surface area contributed by atoms with Gasteiger partial charge in [0.25, 0.3) is 5.91 Å². The van der Waals surface area contributed by atoms with Crippen LogP contribution in [-0.4, -0.2) is 5.91 Å². The molecule has 0 saturated carbocycles. The van der Waals surface area contributed by atoms with Crippen LogP contribution in [0.4, 0.5) is 4.39 Å². The van der Waals surface area contributed by atoms with E-state index in [4.69, 9.17) is 0 Å². The molecule has 0 unspecified atom stereocenters. The Hall–Kier alpha value is -1.68. The molecule has 2 nitrogen and oxygen atoms in total. The molecule has 19 heavy (non-hydrogen) atoms. The second-order valence-electron chi connectivity index (χ2n) is 4.69. The first-order valence-corrected chi connectivity index (χ1v) is 7.06. The minimum atomic E-state index is -0.492. The molecule has 1 aromatic heterocycles. The lowest BCUT2D eigenvalue weighted by atomic mass is 10.0. The maximum atomic E-state index is 13.6. The van der Waals surface area contributed by atoms with Gasteiger partial charge >= 0.3 is 0 Å². The molecule has 0 aliphatic heterocycles. The van der Waals surface area contributed by atoms with E-state index in [0.29, 0.717) is 0 Å². The van der Waals surface area contributed by atoms with Crippen molar-refractivity contribution in [2.45, 2.75) is 19.9 Å². The zero-order valence-corrected chi connectivity index (χ0v) is 11.7.